The minimum absolute atomic E-state index is 0.455. The van der Waals surface area contributed by atoms with Crippen LogP contribution in [0, 0.1) is 0 Å². The number of hydrogen-bond acceptors (Lipinski definition) is 4. The predicted octanol–water partition coefficient (Wildman–Crippen LogP) is 6.25. The van der Waals surface area contributed by atoms with Crippen molar-refractivity contribution in [2.75, 3.05) is 5.32 Å². The van der Waals surface area contributed by atoms with Gasteiger partial charge in [-0.05, 0) is 66.4 Å². The maximum Gasteiger partial charge on any atom is 0.250 e. The van der Waals surface area contributed by atoms with Gasteiger partial charge in [0, 0.05) is 65.0 Å². The van der Waals surface area contributed by atoms with Crippen LogP contribution in [-0.4, -0.2) is 25.2 Å². The number of anilines is 1. The quantitative estimate of drug-likeness (QED) is 0.269. The molecule has 7 nitrogen and oxygen atoms in total. The van der Waals surface area contributed by atoms with Crippen molar-refractivity contribution in [1.29, 1.82) is 0 Å². The number of carbonyl (C=O) groups is 1. The van der Waals surface area contributed by atoms with E-state index in [1.54, 1.807) is 4.68 Å². The first-order chi connectivity index (χ1) is 19.6. The molecule has 6 aromatic rings. The lowest BCUT2D eigenvalue weighted by Crippen LogP contribution is -2.15. The highest BCUT2D eigenvalue weighted by Crippen LogP contribution is 2.40. The van der Waals surface area contributed by atoms with Crippen LogP contribution in [0.2, 0.25) is 0 Å². The van der Waals surface area contributed by atoms with E-state index in [0.717, 1.165) is 51.8 Å². The molecule has 40 heavy (non-hydrogen) atoms. The standard InChI is InChI=1S/C33H28N6O/c1-38-20-21(18-37-38)17-35-29-16-24(13-14-26(29)33(34)40)39-30-11-5-3-8-27(30)32-25(9-6-12-31(32)39)23-15-22-7-2-4-10-28(22)36-19-23/h2,4-7,9-16,18-20,35H,3,8,17H2,1H3,(H2,34,40). The second-order valence-electron chi connectivity index (χ2n) is 10.2. The molecule has 3 heterocycles. The number of aromatic nitrogens is 4. The fraction of sp³-hybridized carbons (Fsp3) is 0.121. The van der Waals surface area contributed by atoms with Gasteiger partial charge in [-0.3, -0.25) is 14.5 Å². The van der Waals surface area contributed by atoms with Crippen molar-refractivity contribution in [3.63, 3.8) is 0 Å². The third-order valence-corrected chi connectivity index (χ3v) is 7.64. The Morgan fingerprint density at radius 1 is 1.05 bits per heavy atom. The van der Waals surface area contributed by atoms with Crippen molar-refractivity contribution < 1.29 is 4.79 Å². The Kier molecular flexibility index (Phi) is 5.70. The van der Waals surface area contributed by atoms with E-state index in [-0.39, 0.29) is 0 Å². The van der Waals surface area contributed by atoms with Gasteiger partial charge in [0.1, 0.15) is 0 Å². The van der Waals surface area contributed by atoms with Crippen LogP contribution in [0.1, 0.15) is 33.6 Å². The molecule has 1 aliphatic rings. The Morgan fingerprint density at radius 2 is 1.95 bits per heavy atom. The molecule has 1 amide bonds. The smallest absolute Gasteiger partial charge is 0.250 e. The Balaban J connectivity index is 1.40. The summed E-state index contributed by atoms with van der Waals surface area (Å²) in [6.07, 6.45) is 12.1. The molecule has 0 bridgehead atoms. The van der Waals surface area contributed by atoms with Gasteiger partial charge in [0.05, 0.1) is 22.8 Å². The summed E-state index contributed by atoms with van der Waals surface area (Å²) in [7, 11) is 1.88. The van der Waals surface area contributed by atoms with Gasteiger partial charge in [0.25, 0.3) is 5.91 Å². The summed E-state index contributed by atoms with van der Waals surface area (Å²) in [6, 6.07) is 22.7. The number of nitrogens with one attached hydrogen (secondary N) is 1. The minimum Gasteiger partial charge on any atom is -0.380 e. The summed E-state index contributed by atoms with van der Waals surface area (Å²) in [6.45, 7) is 0.529. The first-order valence-electron chi connectivity index (χ1n) is 13.4. The summed E-state index contributed by atoms with van der Waals surface area (Å²) in [5.41, 5.74) is 15.8. The molecule has 7 heteroatoms. The first-order valence-corrected chi connectivity index (χ1v) is 13.4. The number of pyridine rings is 1. The maximum absolute atomic E-state index is 12.3. The Labute approximate surface area is 231 Å². The second kappa shape index (κ2) is 9.54. The minimum atomic E-state index is -0.467. The summed E-state index contributed by atoms with van der Waals surface area (Å²) < 4.78 is 4.05. The lowest BCUT2D eigenvalue weighted by atomic mass is 9.94. The molecule has 0 aliphatic heterocycles. The van der Waals surface area contributed by atoms with Gasteiger partial charge in [0.15, 0.2) is 0 Å². The van der Waals surface area contributed by atoms with Gasteiger partial charge in [-0.15, -0.1) is 0 Å². The van der Waals surface area contributed by atoms with Gasteiger partial charge >= 0.3 is 0 Å². The molecular weight excluding hydrogens is 496 g/mol. The van der Waals surface area contributed by atoms with Gasteiger partial charge in [-0.2, -0.15) is 5.10 Å². The van der Waals surface area contributed by atoms with Crippen LogP contribution in [0.4, 0.5) is 5.69 Å². The Morgan fingerprint density at radius 3 is 2.80 bits per heavy atom. The highest BCUT2D eigenvalue weighted by molar-refractivity contribution is 6.03. The topological polar surface area (TPSA) is 90.8 Å². The molecule has 0 radical (unpaired) electrons. The largest absolute Gasteiger partial charge is 0.380 e. The normalized spacial score (nSPS) is 12.6. The van der Waals surface area contributed by atoms with E-state index in [2.05, 4.69) is 57.5 Å². The molecule has 0 saturated carbocycles. The molecule has 3 aromatic heterocycles. The number of benzene rings is 3. The zero-order valence-corrected chi connectivity index (χ0v) is 22.1. The van der Waals surface area contributed by atoms with Crippen LogP contribution < -0.4 is 11.1 Å². The summed E-state index contributed by atoms with van der Waals surface area (Å²) in [5, 5.41) is 10.0. The molecule has 7 rings (SSSR count). The molecule has 0 saturated heterocycles. The molecule has 0 unspecified atom stereocenters. The number of carbonyl (C=O) groups excluding carboxylic acids is 1. The number of hydrogen-bond donors (Lipinski definition) is 2. The van der Waals surface area contributed by atoms with Crippen LogP contribution in [0.25, 0.3) is 44.7 Å². The van der Waals surface area contributed by atoms with Crippen molar-refractivity contribution in [2.24, 2.45) is 12.8 Å². The van der Waals surface area contributed by atoms with E-state index < -0.39 is 5.91 Å². The van der Waals surface area contributed by atoms with Gasteiger partial charge < -0.3 is 15.6 Å². The van der Waals surface area contributed by atoms with Gasteiger partial charge in [-0.25, -0.2) is 0 Å². The molecule has 3 N–H and O–H groups in total. The van der Waals surface area contributed by atoms with E-state index in [9.17, 15) is 4.79 Å². The van der Waals surface area contributed by atoms with Gasteiger partial charge in [-0.1, -0.05) is 36.4 Å². The Hall–Kier alpha value is -5.17. The highest BCUT2D eigenvalue weighted by atomic mass is 16.1. The van der Waals surface area contributed by atoms with Crippen LogP contribution >= 0.6 is 0 Å². The predicted molar refractivity (Wildman–Crippen MR) is 160 cm³/mol. The van der Waals surface area contributed by atoms with Crippen molar-refractivity contribution in [1.82, 2.24) is 19.3 Å². The fourth-order valence-electron chi connectivity index (χ4n) is 5.82. The third kappa shape index (κ3) is 4.03. The summed E-state index contributed by atoms with van der Waals surface area (Å²) >= 11 is 0. The third-order valence-electron chi connectivity index (χ3n) is 7.64. The maximum atomic E-state index is 12.3. The summed E-state index contributed by atoms with van der Waals surface area (Å²) in [5.74, 6) is -0.467. The second-order valence-corrected chi connectivity index (χ2v) is 10.2. The number of nitrogens with two attached hydrogens (primary N) is 1. The number of allylic oxidation sites excluding steroid dienone is 1. The van der Waals surface area contributed by atoms with Crippen LogP contribution in [0.15, 0.2) is 91.4 Å². The SMILES string of the molecule is Cn1cc(CNc2cc(-n3c4c(c5c(-c6cnc7ccccc7c6)cccc53)CCC=C4)ccc2C(N)=O)cn1. The molecular formula is C33H28N6O. The van der Waals surface area contributed by atoms with Crippen molar-refractivity contribution >= 4 is 39.5 Å². The number of para-hydroxylation sites is 1. The van der Waals surface area contributed by atoms with E-state index in [1.165, 1.54) is 16.5 Å². The average molecular weight is 525 g/mol. The number of aryl methyl sites for hydroxylation is 2. The zero-order valence-electron chi connectivity index (χ0n) is 22.1. The van der Waals surface area contributed by atoms with Crippen molar-refractivity contribution in [2.45, 2.75) is 19.4 Å². The lowest BCUT2D eigenvalue weighted by molar-refractivity contribution is 0.100. The number of fused-ring (bicyclic) bond motifs is 4. The highest BCUT2D eigenvalue weighted by Gasteiger charge is 2.22. The molecule has 0 atom stereocenters. The molecule has 0 spiro atoms. The Bertz CT molecular complexity index is 1960. The molecule has 196 valence electrons. The molecule has 0 fully saturated rings. The number of amides is 1. The number of rotatable bonds is 6. The average Bonchev–Trinajstić information content (AvgIpc) is 3.56. The van der Waals surface area contributed by atoms with Crippen molar-refractivity contribution in [3.05, 3.63) is 114 Å². The lowest BCUT2D eigenvalue weighted by Gasteiger charge is -2.16. The number of nitrogens with zero attached hydrogens (tertiary/aromatic N) is 4. The first kappa shape index (κ1) is 23.9. The van der Waals surface area contributed by atoms with Crippen LogP contribution in [0.5, 0.6) is 0 Å². The van der Waals surface area contributed by atoms with Crippen molar-refractivity contribution in [3.8, 4) is 16.8 Å². The van der Waals surface area contributed by atoms with E-state index in [0.29, 0.717) is 17.8 Å². The van der Waals surface area contributed by atoms with Gasteiger partial charge in [0.2, 0.25) is 0 Å². The van der Waals surface area contributed by atoms with E-state index in [4.69, 9.17) is 10.7 Å². The summed E-state index contributed by atoms with van der Waals surface area (Å²) in [4.78, 5) is 17.1. The van der Waals surface area contributed by atoms with Crippen LogP contribution in [0.3, 0.4) is 0 Å². The molecule has 1 aliphatic carbocycles. The zero-order chi connectivity index (χ0) is 27.2. The monoisotopic (exact) mass is 524 g/mol. The fourth-order valence-corrected chi connectivity index (χ4v) is 5.82. The number of primary amides is 1. The van der Waals surface area contributed by atoms with Crippen LogP contribution in [-0.2, 0) is 20.0 Å². The van der Waals surface area contributed by atoms with E-state index in [1.807, 2.05) is 62.0 Å². The van der Waals surface area contributed by atoms with E-state index >= 15 is 0 Å². The molecule has 3 aromatic carbocycles.